The summed E-state index contributed by atoms with van der Waals surface area (Å²) in [6.45, 7) is 10.2. The molecule has 80 valence electrons. The maximum Gasteiger partial charge on any atom is 0.203 e. The molecule has 0 aliphatic heterocycles. The second-order valence-electron chi connectivity index (χ2n) is 2.34. The van der Waals surface area contributed by atoms with Gasteiger partial charge in [-0.1, -0.05) is 13.2 Å². The van der Waals surface area contributed by atoms with E-state index in [0.29, 0.717) is 0 Å². The molecular weight excluding hydrogens is 190 g/mol. The molecule has 0 spiro atoms. The van der Waals surface area contributed by atoms with E-state index in [0.717, 1.165) is 0 Å². The SMILES string of the molecule is C=C(OCC)/C(F)=C(/F)C(=C)OCC. The van der Waals surface area contributed by atoms with Crippen LogP contribution in [0, 0.1) is 0 Å². The molecule has 0 aromatic rings. The first-order valence-electron chi connectivity index (χ1n) is 4.23. The van der Waals surface area contributed by atoms with Crippen molar-refractivity contribution in [3.8, 4) is 0 Å². The number of hydrogen-bond acceptors (Lipinski definition) is 2. The Labute approximate surface area is 82.5 Å². The highest BCUT2D eigenvalue weighted by Gasteiger charge is 2.14. The van der Waals surface area contributed by atoms with Gasteiger partial charge in [-0.25, -0.2) is 0 Å². The molecule has 0 amide bonds. The fraction of sp³-hybridized carbons (Fsp3) is 0.400. The van der Waals surface area contributed by atoms with Crippen molar-refractivity contribution in [3.63, 3.8) is 0 Å². The average molecular weight is 204 g/mol. The topological polar surface area (TPSA) is 18.5 Å². The lowest BCUT2D eigenvalue weighted by Crippen LogP contribution is -1.97. The van der Waals surface area contributed by atoms with Gasteiger partial charge in [-0.3, -0.25) is 0 Å². The van der Waals surface area contributed by atoms with Crippen molar-refractivity contribution >= 4 is 0 Å². The number of allylic oxidation sites excluding steroid dienone is 2. The van der Waals surface area contributed by atoms with E-state index in [-0.39, 0.29) is 24.7 Å². The van der Waals surface area contributed by atoms with Gasteiger partial charge in [0.05, 0.1) is 13.2 Å². The molecule has 0 aliphatic rings. The molecule has 0 rings (SSSR count). The summed E-state index contributed by atoms with van der Waals surface area (Å²) < 4.78 is 35.6. The Bertz CT molecular complexity index is 231. The molecule has 4 heteroatoms. The Hall–Kier alpha value is -1.32. The summed E-state index contributed by atoms with van der Waals surface area (Å²) in [6.07, 6.45) is 0. The molecule has 0 radical (unpaired) electrons. The summed E-state index contributed by atoms with van der Waals surface area (Å²) in [7, 11) is 0. The number of halogens is 2. The van der Waals surface area contributed by atoms with E-state index in [4.69, 9.17) is 0 Å². The highest BCUT2D eigenvalue weighted by atomic mass is 19.2. The van der Waals surface area contributed by atoms with Gasteiger partial charge in [0, 0.05) is 0 Å². The van der Waals surface area contributed by atoms with Crippen LogP contribution in [-0.2, 0) is 9.47 Å². The van der Waals surface area contributed by atoms with Gasteiger partial charge in [-0.2, -0.15) is 8.78 Å². The van der Waals surface area contributed by atoms with Gasteiger partial charge in [0.25, 0.3) is 0 Å². The van der Waals surface area contributed by atoms with Crippen LogP contribution in [0.25, 0.3) is 0 Å². The van der Waals surface area contributed by atoms with Crippen molar-refractivity contribution in [2.75, 3.05) is 13.2 Å². The lowest BCUT2D eigenvalue weighted by molar-refractivity contribution is 0.208. The Kier molecular flexibility index (Phi) is 5.60. The Morgan fingerprint density at radius 1 is 0.929 bits per heavy atom. The van der Waals surface area contributed by atoms with Crippen molar-refractivity contribution in [1.29, 1.82) is 0 Å². The largest absolute Gasteiger partial charge is 0.491 e. The molecule has 0 unspecified atom stereocenters. The zero-order valence-electron chi connectivity index (χ0n) is 8.40. The quantitative estimate of drug-likeness (QED) is 0.488. The Morgan fingerprint density at radius 2 is 1.21 bits per heavy atom. The Morgan fingerprint density at radius 3 is 1.43 bits per heavy atom. The molecule has 0 fully saturated rings. The van der Waals surface area contributed by atoms with E-state index in [1.165, 1.54) is 0 Å². The van der Waals surface area contributed by atoms with E-state index < -0.39 is 11.7 Å². The molecular formula is C10H14F2O2. The number of ether oxygens (including phenoxy) is 2. The van der Waals surface area contributed by atoms with Crippen LogP contribution in [0.1, 0.15) is 13.8 Å². The summed E-state index contributed by atoms with van der Waals surface area (Å²) in [6, 6.07) is 0. The molecule has 0 aromatic carbocycles. The Balaban J connectivity index is 4.57. The first-order valence-corrected chi connectivity index (χ1v) is 4.23. The van der Waals surface area contributed by atoms with Crippen molar-refractivity contribution in [1.82, 2.24) is 0 Å². The lowest BCUT2D eigenvalue weighted by Gasteiger charge is -2.07. The van der Waals surface area contributed by atoms with Crippen LogP contribution in [0.4, 0.5) is 8.78 Å². The molecule has 0 bridgehead atoms. The number of hydrogen-bond donors (Lipinski definition) is 0. The summed E-state index contributed by atoms with van der Waals surface area (Å²) >= 11 is 0. The van der Waals surface area contributed by atoms with Crippen LogP contribution < -0.4 is 0 Å². The van der Waals surface area contributed by atoms with Gasteiger partial charge < -0.3 is 9.47 Å². The van der Waals surface area contributed by atoms with Crippen LogP contribution in [0.2, 0.25) is 0 Å². The fourth-order valence-electron chi connectivity index (χ4n) is 0.720. The second-order valence-corrected chi connectivity index (χ2v) is 2.34. The van der Waals surface area contributed by atoms with E-state index in [2.05, 4.69) is 22.6 Å². The van der Waals surface area contributed by atoms with Crippen molar-refractivity contribution < 1.29 is 18.3 Å². The summed E-state index contributed by atoms with van der Waals surface area (Å²) in [5, 5.41) is 0. The maximum absolute atomic E-state index is 13.1. The molecule has 0 atom stereocenters. The van der Waals surface area contributed by atoms with Crippen molar-refractivity contribution in [3.05, 3.63) is 36.3 Å². The van der Waals surface area contributed by atoms with Crippen LogP contribution in [0.15, 0.2) is 36.3 Å². The van der Waals surface area contributed by atoms with E-state index in [1.807, 2.05) is 0 Å². The minimum absolute atomic E-state index is 0.223. The smallest absolute Gasteiger partial charge is 0.203 e. The minimum Gasteiger partial charge on any atom is -0.491 e. The zero-order valence-corrected chi connectivity index (χ0v) is 8.40. The summed E-state index contributed by atoms with van der Waals surface area (Å²) in [4.78, 5) is 0. The molecule has 2 nitrogen and oxygen atoms in total. The van der Waals surface area contributed by atoms with Crippen molar-refractivity contribution in [2.45, 2.75) is 13.8 Å². The first-order chi connectivity index (χ1) is 6.54. The predicted octanol–water partition coefficient (Wildman–Crippen LogP) is 3.24. The maximum atomic E-state index is 13.1. The monoisotopic (exact) mass is 204 g/mol. The third kappa shape index (κ3) is 3.60. The van der Waals surface area contributed by atoms with Crippen molar-refractivity contribution in [2.24, 2.45) is 0 Å². The molecule has 0 saturated carbocycles. The van der Waals surface area contributed by atoms with Gasteiger partial charge in [-0.15, -0.1) is 0 Å². The van der Waals surface area contributed by atoms with Gasteiger partial charge in [0.2, 0.25) is 11.7 Å². The van der Waals surface area contributed by atoms with Crippen LogP contribution in [0.3, 0.4) is 0 Å². The van der Waals surface area contributed by atoms with E-state index in [1.54, 1.807) is 13.8 Å². The molecule has 0 aromatic heterocycles. The molecule has 0 N–H and O–H groups in total. The van der Waals surface area contributed by atoms with Gasteiger partial charge in [0.15, 0.2) is 11.5 Å². The van der Waals surface area contributed by atoms with E-state index in [9.17, 15) is 8.78 Å². The highest BCUT2D eigenvalue weighted by molar-refractivity contribution is 5.29. The molecule has 0 aliphatic carbocycles. The van der Waals surface area contributed by atoms with E-state index >= 15 is 0 Å². The van der Waals surface area contributed by atoms with Crippen LogP contribution in [0.5, 0.6) is 0 Å². The van der Waals surface area contributed by atoms with Gasteiger partial charge in [0.1, 0.15) is 0 Å². The predicted molar refractivity (Wildman–Crippen MR) is 50.8 cm³/mol. The summed E-state index contributed by atoms with van der Waals surface area (Å²) in [5.41, 5.74) is 0. The van der Waals surface area contributed by atoms with Crippen LogP contribution >= 0.6 is 0 Å². The average Bonchev–Trinajstić information content (AvgIpc) is 2.16. The third-order valence-corrected chi connectivity index (χ3v) is 1.32. The standard InChI is InChI=1S/C10H14F2O2/c1-5-13-7(3)9(11)10(12)8(4)14-6-2/h3-6H2,1-2H3/b10-9-. The fourth-order valence-corrected chi connectivity index (χ4v) is 0.720. The zero-order chi connectivity index (χ0) is 11.1. The number of rotatable bonds is 6. The van der Waals surface area contributed by atoms with Gasteiger partial charge >= 0.3 is 0 Å². The molecule has 0 saturated heterocycles. The van der Waals surface area contributed by atoms with Crippen LogP contribution in [-0.4, -0.2) is 13.2 Å². The minimum atomic E-state index is -1.18. The molecule has 14 heavy (non-hydrogen) atoms. The molecule has 0 heterocycles. The highest BCUT2D eigenvalue weighted by Crippen LogP contribution is 2.22. The van der Waals surface area contributed by atoms with Gasteiger partial charge in [-0.05, 0) is 13.8 Å². The summed E-state index contributed by atoms with van der Waals surface area (Å²) in [5.74, 6) is -3.06. The third-order valence-electron chi connectivity index (χ3n) is 1.32. The lowest BCUT2D eigenvalue weighted by atomic mass is 10.3. The normalized spacial score (nSPS) is 11.7. The second kappa shape index (κ2) is 6.18. The first kappa shape index (κ1) is 12.7.